The van der Waals surface area contributed by atoms with Crippen LogP contribution in [0.15, 0.2) is 103 Å². The lowest BCUT2D eigenvalue weighted by Crippen LogP contribution is -2.71. The van der Waals surface area contributed by atoms with Crippen molar-refractivity contribution in [3.63, 3.8) is 0 Å². The summed E-state index contributed by atoms with van der Waals surface area (Å²) in [5.41, 5.74) is 8.12. The molecule has 4 heterocycles. The predicted molar refractivity (Wildman–Crippen MR) is 160 cm³/mol. The zero-order valence-electron chi connectivity index (χ0n) is 24.4. The zero-order valence-corrected chi connectivity index (χ0v) is 24.4. The summed E-state index contributed by atoms with van der Waals surface area (Å²) in [5, 5.41) is 0. The number of rotatable bonds is 2. The molecule has 8 rings (SSSR count). The van der Waals surface area contributed by atoms with Crippen molar-refractivity contribution in [1.29, 1.82) is 0 Å². The van der Waals surface area contributed by atoms with E-state index in [1.807, 2.05) is 30.5 Å². The first-order valence-corrected chi connectivity index (χ1v) is 15.1. The number of halogens is 2. The van der Waals surface area contributed by atoms with Gasteiger partial charge in [-0.3, -0.25) is 0 Å². The molecule has 3 aromatic carbocycles. The van der Waals surface area contributed by atoms with Crippen LogP contribution in [0.4, 0.5) is 8.78 Å². The first-order chi connectivity index (χ1) is 20.3. The maximum Gasteiger partial charge on any atom is 0.417 e. The van der Waals surface area contributed by atoms with Crippen molar-refractivity contribution in [2.45, 2.75) is 39.3 Å². The predicted octanol–water partition coefficient (Wildman–Crippen LogP) is 8.11. The second-order valence-electron chi connectivity index (χ2n) is 12.8. The van der Waals surface area contributed by atoms with E-state index in [4.69, 9.17) is 0 Å². The molecule has 208 valence electrons. The molecule has 0 amide bonds. The molecule has 0 bridgehead atoms. The first-order valence-electron chi connectivity index (χ1n) is 15.1. The minimum absolute atomic E-state index is 0.306. The Morgan fingerprint density at radius 3 is 1.76 bits per heavy atom. The molecular formula is C38H34F2N2+2. The van der Waals surface area contributed by atoms with Gasteiger partial charge in [-0.2, -0.15) is 0 Å². The van der Waals surface area contributed by atoms with Gasteiger partial charge in [0, 0.05) is 23.8 Å². The molecule has 0 radical (unpaired) electrons. The van der Waals surface area contributed by atoms with Crippen LogP contribution in [-0.2, 0) is 5.66 Å². The lowest BCUT2D eigenvalue weighted by Gasteiger charge is -2.22. The SMILES string of the molecule is CC1C(C)C(C)C(c2ccc(-c3ccc4[n+](c3)C3(c5cc(F)ccc5-c5cccc[n+]53)c3cc(F)ccc3-4)cc2)C1C. The van der Waals surface area contributed by atoms with Crippen molar-refractivity contribution >= 4 is 0 Å². The van der Waals surface area contributed by atoms with E-state index in [2.05, 4.69) is 85.5 Å². The van der Waals surface area contributed by atoms with Gasteiger partial charge < -0.3 is 0 Å². The highest BCUT2D eigenvalue weighted by molar-refractivity contribution is 5.74. The van der Waals surface area contributed by atoms with E-state index < -0.39 is 5.66 Å². The highest BCUT2D eigenvalue weighted by Gasteiger charge is 2.66. The molecule has 0 saturated heterocycles. The summed E-state index contributed by atoms with van der Waals surface area (Å²) in [6, 6.07) is 29.4. The van der Waals surface area contributed by atoms with E-state index in [1.165, 1.54) is 17.7 Å². The molecule has 4 heteroatoms. The van der Waals surface area contributed by atoms with Crippen molar-refractivity contribution in [2.24, 2.45) is 23.7 Å². The average Bonchev–Trinajstić information content (AvgIpc) is 3.53. The Bertz CT molecular complexity index is 1860. The molecule has 5 atom stereocenters. The Labute approximate surface area is 245 Å². The van der Waals surface area contributed by atoms with Gasteiger partial charge in [-0.05, 0) is 89.2 Å². The summed E-state index contributed by atoms with van der Waals surface area (Å²) in [5.74, 6) is 2.66. The van der Waals surface area contributed by atoms with Crippen LogP contribution in [0, 0.1) is 35.3 Å². The topological polar surface area (TPSA) is 7.76 Å². The highest BCUT2D eigenvalue weighted by Crippen LogP contribution is 2.51. The molecule has 42 heavy (non-hydrogen) atoms. The highest BCUT2D eigenvalue weighted by atomic mass is 19.1. The van der Waals surface area contributed by atoms with Crippen molar-refractivity contribution in [1.82, 2.24) is 0 Å². The van der Waals surface area contributed by atoms with Crippen LogP contribution >= 0.6 is 0 Å². The largest absolute Gasteiger partial charge is 0.417 e. The lowest BCUT2D eigenvalue weighted by molar-refractivity contribution is -0.955. The Hall–Kier alpha value is -4.18. The summed E-state index contributed by atoms with van der Waals surface area (Å²) in [6.45, 7) is 9.59. The van der Waals surface area contributed by atoms with Crippen LogP contribution < -0.4 is 9.13 Å². The molecule has 1 aliphatic carbocycles. The summed E-state index contributed by atoms with van der Waals surface area (Å²) < 4.78 is 34.3. The number of hydrogen-bond donors (Lipinski definition) is 0. The number of nitrogens with zero attached hydrogens (tertiary/aromatic N) is 2. The number of aromatic nitrogens is 2. The molecule has 1 saturated carbocycles. The molecular weight excluding hydrogens is 522 g/mol. The maximum atomic E-state index is 15.0. The summed E-state index contributed by atoms with van der Waals surface area (Å²) in [4.78, 5) is 0. The molecule has 5 aromatic rings. The number of hydrogen-bond acceptors (Lipinski definition) is 0. The molecule has 1 spiro atoms. The van der Waals surface area contributed by atoms with E-state index in [1.54, 1.807) is 12.1 Å². The van der Waals surface area contributed by atoms with Crippen LogP contribution in [0.5, 0.6) is 0 Å². The monoisotopic (exact) mass is 556 g/mol. The molecule has 5 unspecified atom stereocenters. The quantitative estimate of drug-likeness (QED) is 0.190. The zero-order chi connectivity index (χ0) is 28.9. The van der Waals surface area contributed by atoms with E-state index in [0.29, 0.717) is 29.6 Å². The van der Waals surface area contributed by atoms with Crippen LogP contribution in [0.3, 0.4) is 0 Å². The van der Waals surface area contributed by atoms with Gasteiger partial charge in [-0.1, -0.05) is 52.0 Å². The summed E-state index contributed by atoms with van der Waals surface area (Å²) in [7, 11) is 0. The number of pyridine rings is 2. The third kappa shape index (κ3) is 3.24. The molecule has 2 nitrogen and oxygen atoms in total. The minimum Gasteiger partial charge on any atom is -0.207 e. The molecule has 2 aromatic heterocycles. The van der Waals surface area contributed by atoms with Crippen molar-refractivity contribution in [3.8, 4) is 33.6 Å². The number of fused-ring (bicyclic) bond motifs is 10. The van der Waals surface area contributed by atoms with Gasteiger partial charge in [0.05, 0.1) is 11.1 Å². The smallest absolute Gasteiger partial charge is 0.207 e. The fraction of sp³-hybridized carbons (Fsp3) is 0.263. The van der Waals surface area contributed by atoms with Crippen LogP contribution in [0.1, 0.15) is 50.3 Å². The third-order valence-electron chi connectivity index (χ3n) is 11.0. The van der Waals surface area contributed by atoms with Gasteiger partial charge >= 0.3 is 5.66 Å². The van der Waals surface area contributed by atoms with Crippen LogP contribution in [0.2, 0.25) is 0 Å². The summed E-state index contributed by atoms with van der Waals surface area (Å²) in [6.07, 6.45) is 4.19. The van der Waals surface area contributed by atoms with Crippen molar-refractivity contribution in [3.05, 3.63) is 132 Å². The second kappa shape index (κ2) is 8.91. The fourth-order valence-corrected chi connectivity index (χ4v) is 8.54. The molecule has 3 aliphatic rings. The Morgan fingerprint density at radius 2 is 1.14 bits per heavy atom. The summed E-state index contributed by atoms with van der Waals surface area (Å²) >= 11 is 0. The molecule has 2 aliphatic heterocycles. The van der Waals surface area contributed by atoms with Crippen molar-refractivity contribution in [2.75, 3.05) is 0 Å². The van der Waals surface area contributed by atoms with Gasteiger partial charge in [0.25, 0.3) is 0 Å². The average molecular weight is 557 g/mol. The third-order valence-corrected chi connectivity index (χ3v) is 11.0. The van der Waals surface area contributed by atoms with Gasteiger partial charge in [-0.15, -0.1) is 9.13 Å². The van der Waals surface area contributed by atoms with Gasteiger partial charge in [-0.25, -0.2) is 8.78 Å². The second-order valence-corrected chi connectivity index (χ2v) is 12.8. The maximum absolute atomic E-state index is 15.0. The lowest BCUT2D eigenvalue weighted by atomic mass is 9.83. The van der Waals surface area contributed by atoms with Crippen LogP contribution in [0.25, 0.3) is 33.6 Å². The molecule has 0 N–H and O–H groups in total. The van der Waals surface area contributed by atoms with Crippen LogP contribution in [-0.4, -0.2) is 0 Å². The Morgan fingerprint density at radius 1 is 0.571 bits per heavy atom. The van der Waals surface area contributed by atoms with Crippen molar-refractivity contribution < 1.29 is 17.9 Å². The van der Waals surface area contributed by atoms with Gasteiger partial charge in [0.2, 0.25) is 11.4 Å². The fourth-order valence-electron chi connectivity index (χ4n) is 8.54. The minimum atomic E-state index is -0.947. The normalized spacial score (nSPS) is 26.7. The van der Waals surface area contributed by atoms with Gasteiger partial charge in [0.1, 0.15) is 22.8 Å². The van der Waals surface area contributed by atoms with E-state index in [9.17, 15) is 8.78 Å². The standard InChI is InChI=1S/C38H34F2N2/c1-22-23(2)25(4)37(24(22)3)27-10-8-26(9-11-27)28-12-17-36-32-16-14-30(40)20-34(32)38(42(36)21-28)33-19-29(39)13-15-31(33)35-7-5-6-18-41(35)38/h5-25,37H,1-4H3/q+2. The number of benzene rings is 3. The van der Waals surface area contributed by atoms with E-state index >= 15 is 0 Å². The molecule has 1 fully saturated rings. The first kappa shape index (κ1) is 25.5. The Balaban J connectivity index is 1.32. The Kier molecular flexibility index (Phi) is 5.41. The van der Waals surface area contributed by atoms with E-state index in [0.717, 1.165) is 44.8 Å². The van der Waals surface area contributed by atoms with E-state index in [-0.39, 0.29) is 11.6 Å². The van der Waals surface area contributed by atoms with Gasteiger partial charge in [0.15, 0.2) is 12.4 Å².